The Balaban J connectivity index is 2.89. The van der Waals surface area contributed by atoms with Gasteiger partial charge in [-0.1, -0.05) is 6.07 Å². The Kier molecular flexibility index (Phi) is 3.67. The quantitative estimate of drug-likeness (QED) is 0.449. The van der Waals surface area contributed by atoms with Gasteiger partial charge >= 0.3 is 5.97 Å². The molecule has 1 aromatic rings. The van der Waals surface area contributed by atoms with E-state index in [9.17, 15) is 4.79 Å². The van der Waals surface area contributed by atoms with Crippen molar-refractivity contribution < 1.29 is 14.6 Å². The summed E-state index contributed by atoms with van der Waals surface area (Å²) in [6, 6.07) is 5.08. The molecule has 0 aliphatic heterocycles. The van der Waals surface area contributed by atoms with E-state index < -0.39 is 5.97 Å². The molecule has 0 saturated heterocycles. The Labute approximate surface area is 81.9 Å². The highest BCUT2D eigenvalue weighted by Gasteiger charge is 2.13. The first-order valence-corrected chi connectivity index (χ1v) is 4.22. The largest absolute Gasteiger partial charge is 0.515 e. The molecule has 14 heavy (non-hydrogen) atoms. The summed E-state index contributed by atoms with van der Waals surface area (Å²) in [6.45, 7) is 1.97. The van der Waals surface area contributed by atoms with Crippen LogP contribution < -0.4 is 0 Å². The van der Waals surface area contributed by atoms with Crippen LogP contribution in [0.15, 0.2) is 30.7 Å². The third-order valence-electron chi connectivity index (χ3n) is 1.57. The summed E-state index contributed by atoms with van der Waals surface area (Å²) < 4.78 is 4.74. The van der Waals surface area contributed by atoms with Crippen molar-refractivity contribution in [1.29, 1.82) is 0 Å². The minimum atomic E-state index is -0.575. The molecular weight excluding hydrogens is 182 g/mol. The van der Waals surface area contributed by atoms with Crippen LogP contribution in [0.1, 0.15) is 12.6 Å². The van der Waals surface area contributed by atoms with Crippen LogP contribution in [0.3, 0.4) is 0 Å². The van der Waals surface area contributed by atoms with E-state index >= 15 is 0 Å². The zero-order valence-corrected chi connectivity index (χ0v) is 7.80. The normalized spacial score (nSPS) is 11.1. The van der Waals surface area contributed by atoms with Gasteiger partial charge in [0.2, 0.25) is 0 Å². The average Bonchev–Trinajstić information content (AvgIpc) is 2.21. The third kappa shape index (κ3) is 2.32. The molecule has 0 spiro atoms. The lowest BCUT2D eigenvalue weighted by Gasteiger charge is -2.03. The first-order chi connectivity index (χ1) is 6.79. The number of carbonyl (C=O) groups excluding carboxylic acids is 1. The van der Waals surface area contributed by atoms with Crippen LogP contribution in [0.5, 0.6) is 0 Å². The second-order valence-electron chi connectivity index (χ2n) is 2.48. The van der Waals surface area contributed by atoms with Gasteiger partial charge in [-0.05, 0) is 19.1 Å². The maximum atomic E-state index is 11.3. The molecule has 0 atom stereocenters. The number of aliphatic hydroxyl groups is 1. The van der Waals surface area contributed by atoms with Crippen LogP contribution in [0.25, 0.3) is 5.57 Å². The number of aromatic nitrogens is 1. The highest BCUT2D eigenvalue weighted by molar-refractivity contribution is 6.15. The van der Waals surface area contributed by atoms with Crippen molar-refractivity contribution in [3.05, 3.63) is 36.4 Å². The topological polar surface area (TPSA) is 59.4 Å². The van der Waals surface area contributed by atoms with Crippen LogP contribution in [-0.4, -0.2) is 22.7 Å². The zero-order chi connectivity index (χ0) is 10.4. The number of ether oxygens (including phenoxy) is 1. The van der Waals surface area contributed by atoms with Gasteiger partial charge in [-0.15, -0.1) is 0 Å². The number of carbonyl (C=O) groups is 1. The standard InChI is InChI=1S/C10H11NO3/c1-2-14-10(13)8(7-12)9-5-3-4-6-11-9/h3-7,12H,2H2,1H3/b8-7+. The van der Waals surface area contributed by atoms with Crippen LogP contribution in [0, 0.1) is 0 Å². The molecule has 1 rings (SSSR count). The Morgan fingerprint density at radius 3 is 2.93 bits per heavy atom. The van der Waals surface area contributed by atoms with E-state index in [0.717, 1.165) is 0 Å². The van der Waals surface area contributed by atoms with Crippen molar-refractivity contribution in [2.45, 2.75) is 6.92 Å². The summed E-state index contributed by atoms with van der Waals surface area (Å²) in [4.78, 5) is 15.2. The molecule has 74 valence electrons. The fraction of sp³-hybridized carbons (Fsp3) is 0.200. The first-order valence-electron chi connectivity index (χ1n) is 4.22. The highest BCUT2D eigenvalue weighted by Crippen LogP contribution is 2.11. The van der Waals surface area contributed by atoms with Crippen molar-refractivity contribution >= 4 is 11.5 Å². The smallest absolute Gasteiger partial charge is 0.343 e. The van der Waals surface area contributed by atoms with E-state index in [2.05, 4.69) is 4.98 Å². The lowest BCUT2D eigenvalue weighted by atomic mass is 10.2. The van der Waals surface area contributed by atoms with Gasteiger partial charge in [0.05, 0.1) is 18.6 Å². The number of esters is 1. The average molecular weight is 193 g/mol. The van der Waals surface area contributed by atoms with E-state index in [1.54, 1.807) is 25.1 Å². The Morgan fingerprint density at radius 1 is 1.64 bits per heavy atom. The number of hydrogen-bond acceptors (Lipinski definition) is 4. The molecule has 4 heteroatoms. The summed E-state index contributed by atoms with van der Waals surface area (Å²) in [7, 11) is 0. The summed E-state index contributed by atoms with van der Waals surface area (Å²) >= 11 is 0. The lowest BCUT2D eigenvalue weighted by molar-refractivity contribution is -0.136. The molecule has 0 fully saturated rings. The van der Waals surface area contributed by atoms with Gasteiger partial charge in [-0.2, -0.15) is 0 Å². The molecule has 1 aromatic heterocycles. The second-order valence-corrected chi connectivity index (χ2v) is 2.48. The van der Waals surface area contributed by atoms with Crippen molar-refractivity contribution in [1.82, 2.24) is 4.98 Å². The Bertz CT molecular complexity index is 332. The van der Waals surface area contributed by atoms with Crippen molar-refractivity contribution in [3.8, 4) is 0 Å². The minimum absolute atomic E-state index is 0.0625. The number of rotatable bonds is 3. The van der Waals surface area contributed by atoms with E-state index in [1.165, 1.54) is 6.20 Å². The van der Waals surface area contributed by atoms with Gasteiger partial charge in [0.15, 0.2) is 0 Å². The van der Waals surface area contributed by atoms with Gasteiger partial charge in [0.1, 0.15) is 5.57 Å². The van der Waals surface area contributed by atoms with Crippen molar-refractivity contribution in [3.63, 3.8) is 0 Å². The maximum absolute atomic E-state index is 11.3. The molecule has 0 unspecified atom stereocenters. The van der Waals surface area contributed by atoms with Crippen molar-refractivity contribution in [2.75, 3.05) is 6.61 Å². The van der Waals surface area contributed by atoms with E-state index in [1.807, 2.05) is 0 Å². The van der Waals surface area contributed by atoms with Gasteiger partial charge in [0, 0.05) is 6.20 Å². The minimum Gasteiger partial charge on any atom is -0.515 e. The van der Waals surface area contributed by atoms with Crippen LogP contribution in [-0.2, 0) is 9.53 Å². The van der Waals surface area contributed by atoms with E-state index in [4.69, 9.17) is 9.84 Å². The summed E-state index contributed by atoms with van der Waals surface area (Å²) in [6.07, 6.45) is 2.25. The molecular formula is C10H11NO3. The number of pyridine rings is 1. The highest BCUT2D eigenvalue weighted by atomic mass is 16.5. The van der Waals surface area contributed by atoms with Gasteiger partial charge < -0.3 is 9.84 Å². The molecule has 0 bridgehead atoms. The zero-order valence-electron chi connectivity index (χ0n) is 7.80. The van der Waals surface area contributed by atoms with Gasteiger partial charge in [-0.25, -0.2) is 4.79 Å². The van der Waals surface area contributed by atoms with Crippen LogP contribution >= 0.6 is 0 Å². The third-order valence-corrected chi connectivity index (χ3v) is 1.57. The molecule has 0 saturated carbocycles. The monoisotopic (exact) mass is 193 g/mol. The second kappa shape index (κ2) is 5.01. The van der Waals surface area contributed by atoms with Gasteiger partial charge in [0.25, 0.3) is 0 Å². The molecule has 0 amide bonds. The van der Waals surface area contributed by atoms with E-state index in [-0.39, 0.29) is 12.2 Å². The maximum Gasteiger partial charge on any atom is 0.343 e. The summed E-state index contributed by atoms with van der Waals surface area (Å²) in [5.74, 6) is -0.575. The molecule has 0 aliphatic rings. The van der Waals surface area contributed by atoms with E-state index in [0.29, 0.717) is 12.0 Å². The lowest BCUT2D eigenvalue weighted by Crippen LogP contribution is -2.07. The first kappa shape index (κ1) is 10.2. The molecule has 1 heterocycles. The molecule has 1 N–H and O–H groups in total. The predicted octanol–water partition coefficient (Wildman–Crippen LogP) is 1.54. The molecule has 0 aromatic carbocycles. The Hall–Kier alpha value is -1.84. The Morgan fingerprint density at radius 2 is 2.43 bits per heavy atom. The number of hydrogen-bond donors (Lipinski definition) is 1. The van der Waals surface area contributed by atoms with Crippen LogP contribution in [0.2, 0.25) is 0 Å². The SMILES string of the molecule is CCOC(=O)/C(=C/O)c1ccccn1. The molecule has 0 radical (unpaired) electrons. The fourth-order valence-corrected chi connectivity index (χ4v) is 0.954. The van der Waals surface area contributed by atoms with Crippen LogP contribution in [0.4, 0.5) is 0 Å². The summed E-state index contributed by atoms with van der Waals surface area (Å²) in [5.41, 5.74) is 0.459. The van der Waals surface area contributed by atoms with Gasteiger partial charge in [-0.3, -0.25) is 4.98 Å². The summed E-state index contributed by atoms with van der Waals surface area (Å²) in [5, 5.41) is 8.87. The predicted molar refractivity (Wildman–Crippen MR) is 51.5 cm³/mol. The number of aliphatic hydroxyl groups excluding tert-OH is 1. The van der Waals surface area contributed by atoms with Crippen molar-refractivity contribution in [2.24, 2.45) is 0 Å². The fourth-order valence-electron chi connectivity index (χ4n) is 0.954. The molecule has 4 nitrogen and oxygen atoms in total. The molecule has 0 aliphatic carbocycles. The number of nitrogens with zero attached hydrogens (tertiary/aromatic N) is 1.